The molecule has 1 atom stereocenters. The van der Waals surface area contributed by atoms with E-state index in [9.17, 15) is 0 Å². The summed E-state index contributed by atoms with van der Waals surface area (Å²) in [5.74, 6) is 1.14. The fraction of sp³-hybridized carbons (Fsp3) is 0.643. The van der Waals surface area contributed by atoms with Crippen molar-refractivity contribution >= 4 is 11.5 Å². The highest BCUT2D eigenvalue weighted by molar-refractivity contribution is 5.67. The van der Waals surface area contributed by atoms with Gasteiger partial charge in [0.25, 0.3) is 0 Å². The Balaban J connectivity index is 1.86. The maximum absolute atomic E-state index is 4.58. The lowest BCUT2D eigenvalue weighted by Crippen LogP contribution is -2.55. The van der Waals surface area contributed by atoms with Crippen LogP contribution in [0.1, 0.15) is 20.3 Å². The third-order valence-electron chi connectivity index (χ3n) is 4.10. The van der Waals surface area contributed by atoms with Crippen LogP contribution in [0.4, 0.5) is 11.5 Å². The van der Waals surface area contributed by atoms with E-state index in [2.05, 4.69) is 40.0 Å². The predicted molar refractivity (Wildman–Crippen MR) is 75.2 cm³/mol. The summed E-state index contributed by atoms with van der Waals surface area (Å²) in [6.45, 7) is 9.02. The summed E-state index contributed by atoms with van der Waals surface area (Å²) >= 11 is 0. The Morgan fingerprint density at radius 1 is 1.39 bits per heavy atom. The molecule has 1 N–H and O–H groups in total. The molecule has 4 nitrogen and oxygen atoms in total. The summed E-state index contributed by atoms with van der Waals surface area (Å²) in [6.07, 6.45) is 3.09. The molecule has 0 aromatic carbocycles. The highest BCUT2D eigenvalue weighted by atomic mass is 15.3. The summed E-state index contributed by atoms with van der Waals surface area (Å²) in [5.41, 5.74) is 1.19. The van der Waals surface area contributed by atoms with Crippen LogP contribution in [-0.2, 0) is 0 Å². The Bertz CT molecular complexity index is 418. The molecule has 1 fully saturated rings. The van der Waals surface area contributed by atoms with Crippen molar-refractivity contribution < 1.29 is 0 Å². The Morgan fingerprint density at radius 2 is 2.28 bits per heavy atom. The van der Waals surface area contributed by atoms with Gasteiger partial charge in [0.15, 0.2) is 5.82 Å². The molecule has 4 heteroatoms. The van der Waals surface area contributed by atoms with Gasteiger partial charge in [-0.05, 0) is 32.4 Å². The third kappa shape index (κ3) is 2.05. The first-order valence-corrected chi connectivity index (χ1v) is 6.95. The van der Waals surface area contributed by atoms with Crippen molar-refractivity contribution in [2.45, 2.75) is 32.4 Å². The number of anilines is 2. The van der Waals surface area contributed by atoms with Gasteiger partial charge in [0.2, 0.25) is 0 Å². The van der Waals surface area contributed by atoms with E-state index >= 15 is 0 Å². The molecule has 3 rings (SSSR count). The van der Waals surface area contributed by atoms with E-state index in [1.807, 2.05) is 12.3 Å². The molecule has 2 aliphatic heterocycles. The number of hydrogen-bond donors (Lipinski definition) is 1. The van der Waals surface area contributed by atoms with E-state index in [-0.39, 0.29) is 0 Å². The second kappa shape index (κ2) is 4.76. The first-order chi connectivity index (χ1) is 8.75. The lowest BCUT2D eigenvalue weighted by molar-refractivity contribution is 0.178. The van der Waals surface area contributed by atoms with Crippen molar-refractivity contribution in [3.63, 3.8) is 0 Å². The van der Waals surface area contributed by atoms with Crippen molar-refractivity contribution in [2.24, 2.45) is 0 Å². The van der Waals surface area contributed by atoms with Crippen LogP contribution in [0.5, 0.6) is 0 Å². The summed E-state index contributed by atoms with van der Waals surface area (Å²) < 4.78 is 0. The molecule has 0 unspecified atom stereocenters. The number of fused-ring (bicyclic) bond motifs is 3. The van der Waals surface area contributed by atoms with Gasteiger partial charge in [-0.2, -0.15) is 0 Å². The molecule has 3 heterocycles. The van der Waals surface area contributed by atoms with Crippen LogP contribution in [0.15, 0.2) is 18.3 Å². The molecular weight excluding hydrogens is 224 g/mol. The van der Waals surface area contributed by atoms with E-state index in [1.54, 1.807) is 0 Å². The van der Waals surface area contributed by atoms with Crippen LogP contribution < -0.4 is 10.2 Å². The minimum Gasteiger partial charge on any atom is -0.382 e. The van der Waals surface area contributed by atoms with Gasteiger partial charge in [-0.1, -0.05) is 0 Å². The molecule has 0 spiro atoms. The van der Waals surface area contributed by atoms with Crippen molar-refractivity contribution in [2.75, 3.05) is 36.4 Å². The second-order valence-electron chi connectivity index (χ2n) is 5.53. The molecule has 0 aliphatic carbocycles. The first kappa shape index (κ1) is 11.8. The molecule has 1 saturated heterocycles. The minimum absolute atomic E-state index is 0.602. The Kier molecular flexibility index (Phi) is 3.12. The van der Waals surface area contributed by atoms with Crippen LogP contribution in [0, 0.1) is 0 Å². The molecule has 18 heavy (non-hydrogen) atoms. The van der Waals surface area contributed by atoms with Gasteiger partial charge in [0, 0.05) is 44.5 Å². The number of rotatable bonds is 1. The topological polar surface area (TPSA) is 31.4 Å². The zero-order valence-electron chi connectivity index (χ0n) is 11.3. The van der Waals surface area contributed by atoms with Crippen molar-refractivity contribution in [3.8, 4) is 0 Å². The van der Waals surface area contributed by atoms with E-state index in [0.717, 1.165) is 32.0 Å². The summed E-state index contributed by atoms with van der Waals surface area (Å²) in [4.78, 5) is 9.65. The molecule has 98 valence electrons. The lowest BCUT2D eigenvalue weighted by Gasteiger charge is -2.43. The Labute approximate surface area is 109 Å². The molecule has 1 aromatic heterocycles. The number of pyridine rings is 1. The largest absolute Gasteiger partial charge is 0.382 e. The third-order valence-corrected chi connectivity index (χ3v) is 4.10. The summed E-state index contributed by atoms with van der Waals surface area (Å²) in [7, 11) is 0. The number of piperazine rings is 1. The number of aromatic nitrogens is 1. The standard InChI is InChI=1S/C14H22N4/c1-11(2)17-8-9-18-12(10-17)5-7-15-13-4-3-6-16-14(13)18/h3-4,6,11-12,15H,5,7-10H2,1-2H3/t12-/m1/s1. The highest BCUT2D eigenvalue weighted by Crippen LogP contribution is 2.30. The fourth-order valence-electron chi connectivity index (χ4n) is 3.01. The molecule has 0 saturated carbocycles. The van der Waals surface area contributed by atoms with Gasteiger partial charge in [-0.25, -0.2) is 4.98 Å². The molecule has 2 aliphatic rings. The van der Waals surface area contributed by atoms with E-state index in [0.29, 0.717) is 12.1 Å². The van der Waals surface area contributed by atoms with Gasteiger partial charge in [0.1, 0.15) is 0 Å². The Hall–Kier alpha value is -1.29. The molecule has 0 amide bonds. The van der Waals surface area contributed by atoms with Crippen LogP contribution >= 0.6 is 0 Å². The van der Waals surface area contributed by atoms with E-state index in [4.69, 9.17) is 0 Å². The van der Waals surface area contributed by atoms with Crippen LogP contribution in [-0.4, -0.2) is 48.1 Å². The summed E-state index contributed by atoms with van der Waals surface area (Å²) in [5, 5.41) is 3.50. The predicted octanol–water partition coefficient (Wildman–Crippen LogP) is 1.80. The van der Waals surface area contributed by atoms with E-state index < -0.39 is 0 Å². The maximum Gasteiger partial charge on any atom is 0.152 e. The Morgan fingerprint density at radius 3 is 3.11 bits per heavy atom. The van der Waals surface area contributed by atoms with Gasteiger partial charge < -0.3 is 10.2 Å². The quantitative estimate of drug-likeness (QED) is 0.818. The van der Waals surface area contributed by atoms with Gasteiger partial charge in [-0.15, -0.1) is 0 Å². The van der Waals surface area contributed by atoms with Gasteiger partial charge in [-0.3, -0.25) is 4.90 Å². The van der Waals surface area contributed by atoms with Crippen LogP contribution in [0.3, 0.4) is 0 Å². The molecular formula is C14H22N4. The van der Waals surface area contributed by atoms with Gasteiger partial charge >= 0.3 is 0 Å². The van der Waals surface area contributed by atoms with Crippen molar-refractivity contribution in [1.82, 2.24) is 9.88 Å². The summed E-state index contributed by atoms with van der Waals surface area (Å²) in [6, 6.07) is 5.40. The van der Waals surface area contributed by atoms with Crippen molar-refractivity contribution in [1.29, 1.82) is 0 Å². The number of nitrogens with one attached hydrogen (secondary N) is 1. The molecule has 0 bridgehead atoms. The smallest absolute Gasteiger partial charge is 0.152 e. The molecule has 0 radical (unpaired) electrons. The van der Waals surface area contributed by atoms with Crippen LogP contribution in [0.25, 0.3) is 0 Å². The normalized spacial score (nSPS) is 24.2. The van der Waals surface area contributed by atoms with E-state index in [1.165, 1.54) is 12.1 Å². The number of nitrogens with zero attached hydrogens (tertiary/aromatic N) is 3. The monoisotopic (exact) mass is 246 g/mol. The zero-order chi connectivity index (χ0) is 12.5. The van der Waals surface area contributed by atoms with Gasteiger partial charge in [0.05, 0.1) is 5.69 Å². The first-order valence-electron chi connectivity index (χ1n) is 6.95. The fourth-order valence-corrected chi connectivity index (χ4v) is 3.01. The number of hydrogen-bond acceptors (Lipinski definition) is 4. The SMILES string of the molecule is CC(C)N1CCN2c3ncccc3NCC[C@@H]2C1. The maximum atomic E-state index is 4.58. The average molecular weight is 246 g/mol. The van der Waals surface area contributed by atoms with Crippen molar-refractivity contribution in [3.05, 3.63) is 18.3 Å². The second-order valence-corrected chi connectivity index (χ2v) is 5.53. The van der Waals surface area contributed by atoms with Crippen LogP contribution in [0.2, 0.25) is 0 Å². The molecule has 1 aromatic rings. The minimum atomic E-state index is 0.602. The highest BCUT2D eigenvalue weighted by Gasteiger charge is 2.31. The average Bonchev–Trinajstić information content (AvgIpc) is 2.57. The zero-order valence-corrected chi connectivity index (χ0v) is 11.3. The lowest BCUT2D eigenvalue weighted by atomic mass is 10.1.